The standard InChI is InChI=1S/C15H11Cl2F3N2O/c16-9-1-4-11(5-2-9)22-14(23)8-21-13-6-3-10(17)7-12(13)15(18,19)20/h1-7,21H,8H2,(H,22,23). The zero-order chi connectivity index (χ0) is 17.0. The summed E-state index contributed by atoms with van der Waals surface area (Å²) in [6, 6.07) is 9.66. The van der Waals surface area contributed by atoms with Gasteiger partial charge in [0.25, 0.3) is 0 Å². The number of carbonyl (C=O) groups is 1. The van der Waals surface area contributed by atoms with Crippen molar-refractivity contribution in [3.63, 3.8) is 0 Å². The molecule has 0 heterocycles. The smallest absolute Gasteiger partial charge is 0.376 e. The van der Waals surface area contributed by atoms with Gasteiger partial charge in [-0.05, 0) is 42.5 Å². The maximum absolute atomic E-state index is 12.9. The maximum atomic E-state index is 12.9. The number of amides is 1. The second-order valence-electron chi connectivity index (χ2n) is 4.60. The molecule has 0 fully saturated rings. The van der Waals surface area contributed by atoms with Crippen LogP contribution in [0.25, 0.3) is 0 Å². The van der Waals surface area contributed by atoms with Gasteiger partial charge in [-0.25, -0.2) is 0 Å². The largest absolute Gasteiger partial charge is 0.418 e. The minimum absolute atomic E-state index is 0.0338. The van der Waals surface area contributed by atoms with Crippen LogP contribution in [0.4, 0.5) is 24.5 Å². The summed E-state index contributed by atoms with van der Waals surface area (Å²) in [4.78, 5) is 11.8. The molecule has 0 saturated carbocycles. The number of anilines is 2. The van der Waals surface area contributed by atoms with E-state index in [1.165, 1.54) is 12.1 Å². The van der Waals surface area contributed by atoms with Crippen molar-refractivity contribution in [2.45, 2.75) is 6.18 Å². The van der Waals surface area contributed by atoms with E-state index in [9.17, 15) is 18.0 Å². The Morgan fingerprint density at radius 1 is 1.00 bits per heavy atom. The van der Waals surface area contributed by atoms with E-state index >= 15 is 0 Å². The van der Waals surface area contributed by atoms with Crippen molar-refractivity contribution >= 4 is 40.5 Å². The van der Waals surface area contributed by atoms with Crippen LogP contribution in [-0.2, 0) is 11.0 Å². The van der Waals surface area contributed by atoms with Crippen LogP contribution in [0, 0.1) is 0 Å². The fraction of sp³-hybridized carbons (Fsp3) is 0.133. The minimum atomic E-state index is -4.57. The molecule has 0 bridgehead atoms. The van der Waals surface area contributed by atoms with Gasteiger partial charge in [0, 0.05) is 21.4 Å². The maximum Gasteiger partial charge on any atom is 0.418 e. The first-order chi connectivity index (χ1) is 10.8. The number of nitrogens with one attached hydrogen (secondary N) is 2. The molecule has 0 spiro atoms. The Bertz CT molecular complexity index is 703. The van der Waals surface area contributed by atoms with Gasteiger partial charge in [-0.15, -0.1) is 0 Å². The van der Waals surface area contributed by atoms with Gasteiger partial charge in [0.1, 0.15) is 0 Å². The number of carbonyl (C=O) groups excluding carboxylic acids is 1. The summed E-state index contributed by atoms with van der Waals surface area (Å²) in [5, 5.41) is 5.48. The molecule has 0 aromatic heterocycles. The number of hydrogen-bond donors (Lipinski definition) is 2. The summed E-state index contributed by atoms with van der Waals surface area (Å²) in [6.07, 6.45) is -4.57. The van der Waals surface area contributed by atoms with E-state index in [1.807, 2.05) is 0 Å². The van der Waals surface area contributed by atoms with Gasteiger partial charge in [0.15, 0.2) is 0 Å². The SMILES string of the molecule is O=C(CNc1ccc(Cl)cc1C(F)(F)F)Nc1ccc(Cl)cc1. The highest BCUT2D eigenvalue weighted by Crippen LogP contribution is 2.36. The second kappa shape index (κ2) is 7.10. The monoisotopic (exact) mass is 362 g/mol. The molecule has 8 heteroatoms. The molecule has 2 rings (SSSR count). The Kier molecular flexibility index (Phi) is 5.38. The van der Waals surface area contributed by atoms with Gasteiger partial charge < -0.3 is 10.6 Å². The lowest BCUT2D eigenvalue weighted by Gasteiger charge is -2.15. The lowest BCUT2D eigenvalue weighted by atomic mass is 10.1. The normalized spacial score (nSPS) is 11.2. The van der Waals surface area contributed by atoms with Crippen LogP contribution in [0.3, 0.4) is 0 Å². The lowest BCUT2D eigenvalue weighted by molar-refractivity contribution is -0.137. The molecular weight excluding hydrogens is 352 g/mol. The number of alkyl halides is 3. The summed E-state index contributed by atoms with van der Waals surface area (Å²) >= 11 is 11.3. The third-order valence-electron chi connectivity index (χ3n) is 2.85. The van der Waals surface area contributed by atoms with E-state index < -0.39 is 17.6 Å². The Morgan fingerprint density at radius 2 is 1.61 bits per heavy atom. The van der Waals surface area contributed by atoms with Crippen LogP contribution >= 0.6 is 23.2 Å². The van der Waals surface area contributed by atoms with Crippen molar-refractivity contribution in [1.29, 1.82) is 0 Å². The van der Waals surface area contributed by atoms with Gasteiger partial charge in [0.05, 0.1) is 12.1 Å². The topological polar surface area (TPSA) is 41.1 Å². The van der Waals surface area contributed by atoms with Crippen molar-refractivity contribution in [1.82, 2.24) is 0 Å². The molecule has 0 saturated heterocycles. The molecule has 3 nitrogen and oxygen atoms in total. The molecule has 2 aromatic rings. The Labute approximate surface area is 140 Å². The second-order valence-corrected chi connectivity index (χ2v) is 5.47. The van der Waals surface area contributed by atoms with Crippen LogP contribution in [-0.4, -0.2) is 12.5 Å². The Hall–Kier alpha value is -1.92. The van der Waals surface area contributed by atoms with Crippen LogP contribution in [0.2, 0.25) is 10.0 Å². The van der Waals surface area contributed by atoms with E-state index in [0.717, 1.165) is 6.07 Å². The molecule has 2 aromatic carbocycles. The van der Waals surface area contributed by atoms with E-state index in [2.05, 4.69) is 10.6 Å². The summed E-state index contributed by atoms with van der Waals surface area (Å²) in [5.74, 6) is -0.490. The molecule has 0 aliphatic carbocycles. The van der Waals surface area contributed by atoms with E-state index in [0.29, 0.717) is 10.7 Å². The molecule has 0 aliphatic rings. The van der Waals surface area contributed by atoms with Crippen LogP contribution < -0.4 is 10.6 Å². The molecule has 23 heavy (non-hydrogen) atoms. The average molecular weight is 363 g/mol. The number of halogens is 5. The predicted octanol–water partition coefficient (Wildman–Crippen LogP) is 5.06. The highest BCUT2D eigenvalue weighted by Gasteiger charge is 2.33. The van der Waals surface area contributed by atoms with Gasteiger partial charge in [-0.3, -0.25) is 4.79 Å². The molecule has 1 amide bonds. The summed E-state index contributed by atoms with van der Waals surface area (Å²) < 4.78 is 38.8. The first-order valence-electron chi connectivity index (χ1n) is 6.42. The first kappa shape index (κ1) is 17.4. The molecule has 0 radical (unpaired) electrons. The highest BCUT2D eigenvalue weighted by molar-refractivity contribution is 6.31. The third kappa shape index (κ3) is 5.04. The van der Waals surface area contributed by atoms with Crippen molar-refractivity contribution in [3.8, 4) is 0 Å². The Morgan fingerprint density at radius 3 is 2.22 bits per heavy atom. The summed E-state index contributed by atoms with van der Waals surface area (Å²) in [6.45, 7) is -0.326. The van der Waals surface area contributed by atoms with Crippen molar-refractivity contribution in [2.75, 3.05) is 17.2 Å². The molecule has 0 unspecified atom stereocenters. The van der Waals surface area contributed by atoms with Crippen molar-refractivity contribution < 1.29 is 18.0 Å². The van der Waals surface area contributed by atoms with Gasteiger partial charge in [0.2, 0.25) is 5.91 Å². The highest BCUT2D eigenvalue weighted by atomic mass is 35.5. The van der Waals surface area contributed by atoms with E-state index in [1.54, 1.807) is 24.3 Å². The van der Waals surface area contributed by atoms with E-state index in [-0.39, 0.29) is 17.3 Å². The quantitative estimate of drug-likeness (QED) is 0.797. The first-order valence-corrected chi connectivity index (χ1v) is 7.17. The van der Waals surface area contributed by atoms with E-state index in [4.69, 9.17) is 23.2 Å². The van der Waals surface area contributed by atoms with Gasteiger partial charge in [-0.2, -0.15) is 13.2 Å². The molecule has 122 valence electrons. The minimum Gasteiger partial charge on any atom is -0.376 e. The Balaban J connectivity index is 2.03. The third-order valence-corrected chi connectivity index (χ3v) is 3.34. The predicted molar refractivity (Wildman–Crippen MR) is 85.0 cm³/mol. The van der Waals surface area contributed by atoms with Crippen LogP contribution in [0.15, 0.2) is 42.5 Å². The molecule has 0 atom stereocenters. The van der Waals surface area contributed by atoms with Crippen molar-refractivity contribution in [3.05, 3.63) is 58.1 Å². The zero-order valence-electron chi connectivity index (χ0n) is 11.5. The molecular formula is C15H11Cl2F3N2O. The summed E-state index contributed by atoms with van der Waals surface area (Å²) in [7, 11) is 0. The zero-order valence-corrected chi connectivity index (χ0v) is 13.1. The van der Waals surface area contributed by atoms with Gasteiger partial charge in [-0.1, -0.05) is 23.2 Å². The lowest BCUT2D eigenvalue weighted by Crippen LogP contribution is -2.23. The number of benzene rings is 2. The van der Waals surface area contributed by atoms with Crippen molar-refractivity contribution in [2.24, 2.45) is 0 Å². The fourth-order valence-corrected chi connectivity index (χ4v) is 2.12. The van der Waals surface area contributed by atoms with Gasteiger partial charge >= 0.3 is 6.18 Å². The molecule has 2 N–H and O–H groups in total. The molecule has 0 aliphatic heterocycles. The number of rotatable bonds is 4. The fourth-order valence-electron chi connectivity index (χ4n) is 1.82. The average Bonchev–Trinajstić information content (AvgIpc) is 2.47. The van der Waals surface area contributed by atoms with Crippen LogP contribution in [0.5, 0.6) is 0 Å². The summed E-state index contributed by atoms with van der Waals surface area (Å²) in [5.41, 5.74) is -0.647. The van der Waals surface area contributed by atoms with Crippen LogP contribution in [0.1, 0.15) is 5.56 Å². The number of hydrogen-bond acceptors (Lipinski definition) is 2.